The molecule has 0 unspecified atom stereocenters. The van der Waals surface area contributed by atoms with Gasteiger partial charge in [-0.15, -0.1) is 0 Å². The molecule has 1 heterocycles. The van der Waals surface area contributed by atoms with Crippen LogP contribution in [0.1, 0.15) is 0 Å². The first kappa shape index (κ1) is 16.3. The van der Waals surface area contributed by atoms with Gasteiger partial charge in [-0.05, 0) is 0 Å². The van der Waals surface area contributed by atoms with E-state index in [0.717, 1.165) is 0 Å². The minimum absolute atomic E-state index is 0.477. The van der Waals surface area contributed by atoms with E-state index in [4.69, 9.17) is 15.2 Å². The summed E-state index contributed by atoms with van der Waals surface area (Å²) in [6, 6.07) is 0. The molecule has 0 radical (unpaired) electrons. The van der Waals surface area contributed by atoms with Gasteiger partial charge in [-0.3, -0.25) is 0 Å². The Bertz CT molecular complexity index is 350. The predicted octanol–water partition coefficient (Wildman–Crippen LogP) is -0.641. The molecular formula is C11H23N7O2. The molecule has 9 nitrogen and oxygen atoms in total. The topological polar surface area (TPSA) is 119 Å². The maximum absolute atomic E-state index is 5.45. The molecule has 0 amide bonds. The van der Waals surface area contributed by atoms with Crippen LogP contribution >= 0.6 is 0 Å². The average Bonchev–Trinajstić information content (AvgIpc) is 2.46. The van der Waals surface area contributed by atoms with Crippen LogP contribution in [-0.2, 0) is 9.47 Å². The summed E-state index contributed by atoms with van der Waals surface area (Å²) in [6.45, 7) is 3.49. The highest BCUT2D eigenvalue weighted by Crippen LogP contribution is 2.08. The molecule has 5 N–H and O–H groups in total. The standard InChI is InChI=1S/C11H23N7O2/c1-19-7-5-14-10-16-9(13-4-3-12)17-11(18-10)15-6-8-20-2/h3-8,12H2,1-2H3,(H3,13,14,15,16,17,18). The van der Waals surface area contributed by atoms with Crippen LogP contribution in [0.25, 0.3) is 0 Å². The fraction of sp³-hybridized carbons (Fsp3) is 0.727. The van der Waals surface area contributed by atoms with E-state index in [-0.39, 0.29) is 0 Å². The van der Waals surface area contributed by atoms with Crippen LogP contribution in [0.5, 0.6) is 0 Å². The molecule has 0 aliphatic carbocycles. The van der Waals surface area contributed by atoms with Gasteiger partial charge in [0.15, 0.2) is 0 Å². The summed E-state index contributed by atoms with van der Waals surface area (Å²) >= 11 is 0. The van der Waals surface area contributed by atoms with Gasteiger partial charge in [-0.1, -0.05) is 0 Å². The van der Waals surface area contributed by atoms with Crippen molar-refractivity contribution in [2.45, 2.75) is 0 Å². The Kier molecular flexibility index (Phi) is 8.27. The minimum atomic E-state index is 0.477. The number of aromatic nitrogens is 3. The summed E-state index contributed by atoms with van der Waals surface area (Å²) in [5, 5.41) is 9.15. The quantitative estimate of drug-likeness (QED) is 0.393. The highest BCUT2D eigenvalue weighted by Gasteiger charge is 2.05. The summed E-state index contributed by atoms with van der Waals surface area (Å²) < 4.78 is 9.94. The zero-order valence-electron chi connectivity index (χ0n) is 12.0. The van der Waals surface area contributed by atoms with E-state index in [2.05, 4.69) is 30.9 Å². The van der Waals surface area contributed by atoms with Gasteiger partial charge in [0.25, 0.3) is 0 Å². The highest BCUT2D eigenvalue weighted by atomic mass is 16.5. The number of anilines is 3. The smallest absolute Gasteiger partial charge is 0.229 e. The third-order valence-corrected chi connectivity index (χ3v) is 2.24. The number of nitrogens with two attached hydrogens (primary N) is 1. The van der Waals surface area contributed by atoms with Crippen molar-refractivity contribution in [3.8, 4) is 0 Å². The van der Waals surface area contributed by atoms with Crippen molar-refractivity contribution in [1.82, 2.24) is 15.0 Å². The lowest BCUT2D eigenvalue weighted by atomic mass is 10.6. The largest absolute Gasteiger partial charge is 0.383 e. The van der Waals surface area contributed by atoms with Gasteiger partial charge >= 0.3 is 0 Å². The molecule has 0 aliphatic heterocycles. The van der Waals surface area contributed by atoms with Gasteiger partial charge in [0, 0.05) is 40.4 Å². The molecule has 0 spiro atoms. The summed E-state index contributed by atoms with van der Waals surface area (Å²) in [5.74, 6) is 1.44. The summed E-state index contributed by atoms with van der Waals surface area (Å²) in [4.78, 5) is 12.7. The van der Waals surface area contributed by atoms with E-state index in [1.807, 2.05) is 0 Å². The number of hydrogen-bond acceptors (Lipinski definition) is 9. The summed E-state index contributed by atoms with van der Waals surface area (Å²) in [7, 11) is 3.28. The van der Waals surface area contributed by atoms with E-state index >= 15 is 0 Å². The number of ether oxygens (including phenoxy) is 2. The van der Waals surface area contributed by atoms with E-state index in [1.165, 1.54) is 0 Å². The first-order chi connectivity index (χ1) is 9.80. The Morgan fingerprint density at radius 3 is 1.55 bits per heavy atom. The molecule has 0 fully saturated rings. The Hall–Kier alpha value is -1.71. The zero-order chi connectivity index (χ0) is 14.6. The third-order valence-electron chi connectivity index (χ3n) is 2.24. The molecule has 1 aromatic heterocycles. The zero-order valence-corrected chi connectivity index (χ0v) is 12.0. The van der Waals surface area contributed by atoms with E-state index < -0.39 is 0 Å². The lowest BCUT2D eigenvalue weighted by Crippen LogP contribution is -2.19. The molecule has 114 valence electrons. The second-order valence-corrected chi connectivity index (χ2v) is 3.86. The molecule has 0 saturated carbocycles. The van der Waals surface area contributed by atoms with Crippen molar-refractivity contribution >= 4 is 17.8 Å². The van der Waals surface area contributed by atoms with Crippen LogP contribution < -0.4 is 21.7 Å². The molecule has 0 aliphatic rings. The fourth-order valence-electron chi connectivity index (χ4n) is 1.33. The fourth-order valence-corrected chi connectivity index (χ4v) is 1.33. The summed E-state index contributed by atoms with van der Waals surface area (Å²) in [5.41, 5.74) is 5.45. The molecule has 1 aromatic rings. The Balaban J connectivity index is 2.67. The van der Waals surface area contributed by atoms with Crippen LogP contribution in [0.15, 0.2) is 0 Å². The number of nitrogens with one attached hydrogen (secondary N) is 3. The number of nitrogens with zero attached hydrogens (tertiary/aromatic N) is 3. The van der Waals surface area contributed by atoms with Crippen molar-refractivity contribution in [3.63, 3.8) is 0 Å². The minimum Gasteiger partial charge on any atom is -0.383 e. The van der Waals surface area contributed by atoms with E-state index in [0.29, 0.717) is 57.2 Å². The monoisotopic (exact) mass is 285 g/mol. The number of hydrogen-bond donors (Lipinski definition) is 4. The van der Waals surface area contributed by atoms with Gasteiger partial charge in [0.1, 0.15) is 0 Å². The summed E-state index contributed by atoms with van der Waals surface area (Å²) in [6.07, 6.45) is 0. The predicted molar refractivity (Wildman–Crippen MR) is 78.1 cm³/mol. The molecular weight excluding hydrogens is 262 g/mol. The Morgan fingerprint density at radius 1 is 0.800 bits per heavy atom. The highest BCUT2D eigenvalue weighted by molar-refractivity contribution is 5.42. The van der Waals surface area contributed by atoms with Crippen molar-refractivity contribution in [3.05, 3.63) is 0 Å². The van der Waals surface area contributed by atoms with Gasteiger partial charge in [-0.2, -0.15) is 15.0 Å². The first-order valence-electron chi connectivity index (χ1n) is 6.45. The molecule has 0 bridgehead atoms. The van der Waals surface area contributed by atoms with E-state index in [9.17, 15) is 0 Å². The van der Waals surface area contributed by atoms with Crippen molar-refractivity contribution < 1.29 is 9.47 Å². The lowest BCUT2D eigenvalue weighted by Gasteiger charge is -2.10. The molecule has 0 aromatic carbocycles. The third kappa shape index (κ3) is 6.45. The lowest BCUT2D eigenvalue weighted by molar-refractivity contribution is 0.210. The van der Waals surface area contributed by atoms with Crippen LogP contribution in [0, 0.1) is 0 Å². The van der Waals surface area contributed by atoms with Gasteiger partial charge in [0.05, 0.1) is 13.2 Å². The van der Waals surface area contributed by atoms with Crippen LogP contribution in [0.3, 0.4) is 0 Å². The first-order valence-corrected chi connectivity index (χ1v) is 6.45. The van der Waals surface area contributed by atoms with Crippen molar-refractivity contribution in [1.29, 1.82) is 0 Å². The van der Waals surface area contributed by atoms with Gasteiger partial charge in [0.2, 0.25) is 17.8 Å². The molecule has 1 rings (SSSR count). The maximum Gasteiger partial charge on any atom is 0.229 e. The molecule has 0 saturated heterocycles. The van der Waals surface area contributed by atoms with Crippen molar-refractivity contribution in [2.24, 2.45) is 5.73 Å². The second kappa shape index (κ2) is 10.1. The molecule has 9 heteroatoms. The average molecular weight is 285 g/mol. The Morgan fingerprint density at radius 2 is 1.20 bits per heavy atom. The molecule has 20 heavy (non-hydrogen) atoms. The van der Waals surface area contributed by atoms with Gasteiger partial charge in [-0.25, -0.2) is 0 Å². The Labute approximate surface area is 118 Å². The number of rotatable bonds is 11. The maximum atomic E-state index is 5.45. The van der Waals surface area contributed by atoms with Gasteiger partial charge < -0.3 is 31.2 Å². The van der Waals surface area contributed by atoms with Crippen LogP contribution in [0.4, 0.5) is 17.8 Å². The second-order valence-electron chi connectivity index (χ2n) is 3.86. The molecule has 0 atom stereocenters. The van der Waals surface area contributed by atoms with Crippen LogP contribution in [-0.4, -0.2) is 68.6 Å². The number of methoxy groups -OCH3 is 2. The SMILES string of the molecule is COCCNc1nc(NCCN)nc(NCCOC)n1. The van der Waals surface area contributed by atoms with E-state index in [1.54, 1.807) is 14.2 Å². The van der Waals surface area contributed by atoms with Crippen molar-refractivity contribution in [2.75, 3.05) is 69.6 Å². The normalized spacial score (nSPS) is 10.3. The van der Waals surface area contributed by atoms with Crippen LogP contribution in [0.2, 0.25) is 0 Å².